The summed E-state index contributed by atoms with van der Waals surface area (Å²) in [6.07, 6.45) is 0.538. The maximum Gasteiger partial charge on any atom is 0.222 e. The van der Waals surface area contributed by atoms with Gasteiger partial charge in [-0.2, -0.15) is 0 Å². The van der Waals surface area contributed by atoms with Crippen LogP contribution in [0.25, 0.3) is 0 Å². The van der Waals surface area contributed by atoms with Gasteiger partial charge in [0.2, 0.25) is 5.91 Å². The van der Waals surface area contributed by atoms with Gasteiger partial charge >= 0.3 is 0 Å². The summed E-state index contributed by atoms with van der Waals surface area (Å²) in [6.45, 7) is 3.09. The summed E-state index contributed by atoms with van der Waals surface area (Å²) in [4.78, 5) is 11.6. The minimum atomic E-state index is -0.275. The molecule has 0 fully saturated rings. The van der Waals surface area contributed by atoms with E-state index in [4.69, 9.17) is 20.3 Å². The zero-order valence-corrected chi connectivity index (χ0v) is 10.6. The van der Waals surface area contributed by atoms with Crippen molar-refractivity contribution < 1.29 is 19.4 Å². The van der Waals surface area contributed by atoms with Crippen molar-refractivity contribution in [2.24, 2.45) is 5.73 Å². The first-order valence-corrected chi connectivity index (χ1v) is 5.88. The van der Waals surface area contributed by atoms with E-state index in [0.29, 0.717) is 26.2 Å². The Morgan fingerprint density at radius 1 is 1.53 bits per heavy atom. The quantitative estimate of drug-likeness (QED) is 0.473. The number of hydrogen-bond donors (Lipinski definition) is 3. The lowest BCUT2D eigenvalue weighted by molar-refractivity contribution is -0.124. The van der Waals surface area contributed by atoms with E-state index < -0.39 is 0 Å². The number of ether oxygens (including phenoxy) is 2. The Labute approximate surface area is 102 Å². The summed E-state index contributed by atoms with van der Waals surface area (Å²) in [7, 11) is 1.58. The Kier molecular flexibility index (Phi) is 10.0. The Bertz CT molecular complexity index is 202. The van der Waals surface area contributed by atoms with Crippen LogP contribution in [0.2, 0.25) is 0 Å². The molecular weight excluding hydrogens is 224 g/mol. The molecule has 0 aromatic rings. The molecule has 17 heavy (non-hydrogen) atoms. The molecule has 2 unspecified atom stereocenters. The number of carbonyl (C=O) groups is 1. The molecule has 6 nitrogen and oxygen atoms in total. The van der Waals surface area contributed by atoms with Gasteiger partial charge in [-0.3, -0.25) is 4.79 Å². The van der Waals surface area contributed by atoms with Gasteiger partial charge in [0.05, 0.1) is 25.2 Å². The van der Waals surface area contributed by atoms with Gasteiger partial charge < -0.3 is 25.6 Å². The molecule has 0 aliphatic rings. The van der Waals surface area contributed by atoms with Gasteiger partial charge in [0.25, 0.3) is 0 Å². The number of hydrogen-bond acceptors (Lipinski definition) is 5. The van der Waals surface area contributed by atoms with Crippen LogP contribution in [0, 0.1) is 0 Å². The average Bonchev–Trinajstić information content (AvgIpc) is 2.33. The highest BCUT2D eigenvalue weighted by molar-refractivity contribution is 5.76. The molecule has 0 saturated carbocycles. The Balaban J connectivity index is 3.95. The van der Waals surface area contributed by atoms with E-state index in [2.05, 4.69) is 5.32 Å². The first kappa shape index (κ1) is 16.3. The molecule has 0 bridgehead atoms. The van der Waals surface area contributed by atoms with Gasteiger partial charge in [0.1, 0.15) is 0 Å². The zero-order valence-electron chi connectivity index (χ0n) is 10.6. The molecule has 0 radical (unpaired) electrons. The smallest absolute Gasteiger partial charge is 0.222 e. The summed E-state index contributed by atoms with van der Waals surface area (Å²) in [5.74, 6) is -0.163. The minimum Gasteiger partial charge on any atom is -0.394 e. The summed E-state index contributed by atoms with van der Waals surface area (Å²) < 4.78 is 10.2. The molecule has 0 saturated heterocycles. The second-order valence-corrected chi connectivity index (χ2v) is 3.75. The van der Waals surface area contributed by atoms with Gasteiger partial charge in [-0.15, -0.1) is 0 Å². The van der Waals surface area contributed by atoms with Crippen LogP contribution in [0.5, 0.6) is 0 Å². The molecule has 0 spiro atoms. The van der Waals surface area contributed by atoms with Crippen molar-refractivity contribution in [3.63, 3.8) is 0 Å². The van der Waals surface area contributed by atoms with Crippen molar-refractivity contribution >= 4 is 5.91 Å². The van der Waals surface area contributed by atoms with Crippen LogP contribution >= 0.6 is 0 Å². The maximum atomic E-state index is 11.6. The van der Waals surface area contributed by atoms with Gasteiger partial charge in [-0.05, 0) is 13.3 Å². The van der Waals surface area contributed by atoms with Crippen LogP contribution < -0.4 is 11.1 Å². The molecule has 2 atom stereocenters. The van der Waals surface area contributed by atoms with E-state index in [1.807, 2.05) is 6.92 Å². The van der Waals surface area contributed by atoms with Crippen molar-refractivity contribution in [2.75, 3.05) is 33.5 Å². The largest absolute Gasteiger partial charge is 0.394 e. The molecule has 0 aromatic heterocycles. The number of amides is 1. The highest BCUT2D eigenvalue weighted by Gasteiger charge is 2.15. The van der Waals surface area contributed by atoms with Crippen LogP contribution in [-0.2, 0) is 14.3 Å². The maximum absolute atomic E-state index is 11.6. The lowest BCUT2D eigenvalue weighted by Gasteiger charge is -2.18. The van der Waals surface area contributed by atoms with E-state index in [1.54, 1.807) is 7.11 Å². The van der Waals surface area contributed by atoms with Gasteiger partial charge in [-0.1, -0.05) is 0 Å². The number of nitrogens with one attached hydrogen (secondary N) is 1. The van der Waals surface area contributed by atoms with Crippen molar-refractivity contribution in [1.82, 2.24) is 5.32 Å². The number of nitrogens with two attached hydrogens (primary N) is 1. The molecule has 0 heterocycles. The zero-order chi connectivity index (χ0) is 13.1. The van der Waals surface area contributed by atoms with E-state index in [1.165, 1.54) is 0 Å². The van der Waals surface area contributed by atoms with Crippen LogP contribution in [0.1, 0.15) is 19.8 Å². The van der Waals surface area contributed by atoms with Crippen molar-refractivity contribution in [3.8, 4) is 0 Å². The second-order valence-electron chi connectivity index (χ2n) is 3.75. The summed E-state index contributed by atoms with van der Waals surface area (Å²) in [6, 6.07) is -0.275. The van der Waals surface area contributed by atoms with E-state index in [0.717, 1.165) is 0 Å². The van der Waals surface area contributed by atoms with Gasteiger partial charge in [0, 0.05) is 26.9 Å². The number of carbonyl (C=O) groups excluding carboxylic acids is 1. The molecule has 4 N–H and O–H groups in total. The fraction of sp³-hybridized carbons (Fsp3) is 0.909. The minimum absolute atomic E-state index is 0.100. The van der Waals surface area contributed by atoms with Crippen molar-refractivity contribution in [3.05, 3.63) is 0 Å². The number of methoxy groups -OCH3 is 1. The van der Waals surface area contributed by atoms with Gasteiger partial charge in [0.15, 0.2) is 0 Å². The average molecular weight is 248 g/mol. The summed E-state index contributed by atoms with van der Waals surface area (Å²) in [5, 5.41) is 11.8. The highest BCUT2D eigenvalue weighted by Crippen LogP contribution is 1.99. The lowest BCUT2D eigenvalue weighted by atomic mass is 10.2. The fourth-order valence-electron chi connectivity index (χ4n) is 1.41. The predicted molar refractivity (Wildman–Crippen MR) is 64.6 cm³/mol. The van der Waals surface area contributed by atoms with Crippen molar-refractivity contribution in [1.29, 1.82) is 0 Å². The molecule has 0 aliphatic heterocycles. The molecule has 102 valence electrons. The SMILES string of the molecule is CCOC(CN)CC(=O)NC(CO)CCOC. The van der Waals surface area contributed by atoms with E-state index in [-0.39, 0.29) is 31.1 Å². The van der Waals surface area contributed by atoms with Crippen molar-refractivity contribution in [2.45, 2.75) is 31.9 Å². The molecule has 0 rings (SSSR count). The third-order valence-electron chi connectivity index (χ3n) is 2.33. The Morgan fingerprint density at radius 2 is 2.24 bits per heavy atom. The standard InChI is InChI=1S/C11H24N2O4/c1-3-17-10(7-12)6-11(15)13-9(8-14)4-5-16-2/h9-10,14H,3-8,12H2,1-2H3,(H,13,15). The third kappa shape index (κ3) is 8.09. The molecule has 0 aromatic carbocycles. The van der Waals surface area contributed by atoms with Crippen LogP contribution in [0.3, 0.4) is 0 Å². The summed E-state index contributed by atoms with van der Waals surface area (Å²) >= 11 is 0. The van der Waals surface area contributed by atoms with E-state index >= 15 is 0 Å². The van der Waals surface area contributed by atoms with Crippen LogP contribution in [0.15, 0.2) is 0 Å². The molecule has 6 heteroatoms. The van der Waals surface area contributed by atoms with Crippen LogP contribution in [0.4, 0.5) is 0 Å². The van der Waals surface area contributed by atoms with E-state index in [9.17, 15) is 4.79 Å². The monoisotopic (exact) mass is 248 g/mol. The Morgan fingerprint density at radius 3 is 2.71 bits per heavy atom. The topological polar surface area (TPSA) is 93.8 Å². The number of rotatable bonds is 10. The molecule has 1 amide bonds. The summed E-state index contributed by atoms with van der Waals surface area (Å²) in [5.41, 5.74) is 5.48. The Hall–Kier alpha value is -0.690. The van der Waals surface area contributed by atoms with Crippen LogP contribution in [-0.4, -0.2) is 56.6 Å². The first-order chi connectivity index (χ1) is 8.17. The number of aliphatic hydroxyl groups is 1. The highest BCUT2D eigenvalue weighted by atomic mass is 16.5. The molecular formula is C11H24N2O4. The fourth-order valence-corrected chi connectivity index (χ4v) is 1.41. The normalized spacial score (nSPS) is 14.4. The lowest BCUT2D eigenvalue weighted by Crippen LogP contribution is -2.41. The predicted octanol–water partition coefficient (Wildman–Crippen LogP) is -0.746. The first-order valence-electron chi connectivity index (χ1n) is 5.88. The third-order valence-corrected chi connectivity index (χ3v) is 2.33. The second kappa shape index (κ2) is 10.5. The number of aliphatic hydroxyl groups excluding tert-OH is 1. The molecule has 0 aliphatic carbocycles. The van der Waals surface area contributed by atoms with Gasteiger partial charge in [-0.25, -0.2) is 0 Å².